The molecule has 0 unspecified atom stereocenters. The summed E-state index contributed by atoms with van der Waals surface area (Å²) in [5, 5.41) is 0. The SMILES string of the molecule is C=[CH][Sb]([CH3])([CH3])[CH3]. The van der Waals surface area contributed by atoms with E-state index >= 15 is 0 Å². The maximum atomic E-state index is 3.72. The van der Waals surface area contributed by atoms with E-state index in [1.165, 1.54) is 0 Å². The third-order valence-electron chi connectivity index (χ3n) is 0.548. The Bertz CT molecular complexity index is 49.4. The van der Waals surface area contributed by atoms with E-state index in [0.29, 0.717) is 0 Å². The average Bonchev–Trinajstić information content (AvgIpc) is 1.35. The number of rotatable bonds is 1. The summed E-state index contributed by atoms with van der Waals surface area (Å²) in [7, 11) is 0. The number of hydrogen-bond acceptors (Lipinski definition) is 0. The molecule has 0 aromatic carbocycles. The molecule has 0 aliphatic carbocycles. The fraction of sp³-hybridized carbons (Fsp3) is 0.600. The molecule has 0 N–H and O–H groups in total. The quantitative estimate of drug-likeness (QED) is 0.560. The van der Waals surface area contributed by atoms with E-state index in [2.05, 4.69) is 25.2 Å². The third-order valence-corrected chi connectivity index (χ3v) is 3.67. The van der Waals surface area contributed by atoms with Gasteiger partial charge in [0.15, 0.2) is 0 Å². The molecule has 0 saturated carbocycles. The van der Waals surface area contributed by atoms with Gasteiger partial charge in [-0.3, -0.25) is 0 Å². The molecule has 0 bridgehead atoms. The molecule has 0 heterocycles. The molecule has 0 fully saturated rings. The summed E-state index contributed by atoms with van der Waals surface area (Å²) < 4.78 is 2.14. The molecule has 0 nitrogen and oxygen atoms in total. The van der Waals surface area contributed by atoms with Crippen LogP contribution in [0.4, 0.5) is 0 Å². The molecule has 0 atom stereocenters. The zero-order valence-electron chi connectivity index (χ0n) is 4.73. The van der Waals surface area contributed by atoms with Crippen molar-refractivity contribution in [1.29, 1.82) is 0 Å². The van der Waals surface area contributed by atoms with E-state index in [9.17, 15) is 0 Å². The van der Waals surface area contributed by atoms with Gasteiger partial charge < -0.3 is 0 Å². The van der Waals surface area contributed by atoms with Crippen LogP contribution in [-0.4, -0.2) is 18.8 Å². The summed E-state index contributed by atoms with van der Waals surface area (Å²) in [4.78, 5) is 6.98. The molecule has 37 valence electrons. The first kappa shape index (κ1) is 6.56. The van der Waals surface area contributed by atoms with Gasteiger partial charge in [0.05, 0.1) is 0 Å². The summed E-state index contributed by atoms with van der Waals surface area (Å²) in [6, 6.07) is 0. The van der Waals surface area contributed by atoms with Crippen molar-refractivity contribution in [2.75, 3.05) is 0 Å². The van der Waals surface area contributed by atoms with Gasteiger partial charge in [0.2, 0.25) is 0 Å². The van der Waals surface area contributed by atoms with E-state index in [0.717, 1.165) is 0 Å². The molecule has 0 saturated heterocycles. The van der Waals surface area contributed by atoms with Crippen LogP contribution in [0, 0.1) is 0 Å². The van der Waals surface area contributed by atoms with E-state index in [4.69, 9.17) is 0 Å². The van der Waals surface area contributed by atoms with Crippen molar-refractivity contribution in [2.24, 2.45) is 0 Å². The van der Waals surface area contributed by atoms with Crippen LogP contribution in [0.1, 0.15) is 0 Å². The molecule has 1 heteroatoms. The predicted octanol–water partition coefficient (Wildman–Crippen LogP) is 2.05. The van der Waals surface area contributed by atoms with Gasteiger partial charge in [-0.2, -0.15) is 0 Å². The Kier molecular flexibility index (Phi) is 2.21. The van der Waals surface area contributed by atoms with Gasteiger partial charge in [-0.05, 0) is 0 Å². The van der Waals surface area contributed by atoms with Gasteiger partial charge in [-0.15, -0.1) is 0 Å². The van der Waals surface area contributed by atoms with Crippen LogP contribution in [0.15, 0.2) is 10.6 Å². The van der Waals surface area contributed by atoms with Crippen molar-refractivity contribution in [3.63, 3.8) is 0 Å². The minimum atomic E-state index is -1.38. The molecule has 0 aromatic heterocycles. The van der Waals surface area contributed by atoms with Gasteiger partial charge in [0, 0.05) is 0 Å². The first-order valence-electron chi connectivity index (χ1n) is 2.01. The first-order valence-corrected chi connectivity index (χ1v) is 11.1. The Morgan fingerprint density at radius 3 is 1.50 bits per heavy atom. The summed E-state index contributed by atoms with van der Waals surface area (Å²) in [5.74, 6) is 0. The van der Waals surface area contributed by atoms with Crippen LogP contribution in [0.3, 0.4) is 0 Å². The first-order chi connectivity index (χ1) is 2.56. The Hall–Kier alpha value is 0.558. The van der Waals surface area contributed by atoms with Crippen LogP contribution in [0.5, 0.6) is 0 Å². The topological polar surface area (TPSA) is 0 Å². The second-order valence-electron chi connectivity index (χ2n) is 2.30. The molecule has 0 aromatic rings. The van der Waals surface area contributed by atoms with E-state index in [-0.39, 0.29) is 0 Å². The Balaban J connectivity index is 3.45. The second-order valence-corrected chi connectivity index (χ2v) is 15.4. The number of hydrogen-bond donors (Lipinski definition) is 0. The molecular formula is C5H12Sb. The summed E-state index contributed by atoms with van der Waals surface area (Å²) in [5.41, 5.74) is 0. The van der Waals surface area contributed by atoms with Crippen LogP contribution in [-0.2, 0) is 0 Å². The van der Waals surface area contributed by atoms with Crippen LogP contribution < -0.4 is 0 Å². The van der Waals surface area contributed by atoms with E-state index in [1.54, 1.807) is 0 Å². The average molecular weight is 194 g/mol. The Labute approximate surface area is 44.2 Å². The normalized spacial score (nSPS) is 11.2. The van der Waals surface area contributed by atoms with Gasteiger partial charge in [-0.1, -0.05) is 0 Å². The van der Waals surface area contributed by atoms with Crippen LogP contribution in [0.2, 0.25) is 14.6 Å². The second kappa shape index (κ2) is 2.02. The fourth-order valence-corrected chi connectivity index (χ4v) is 0. The van der Waals surface area contributed by atoms with Crippen molar-refractivity contribution in [3.8, 4) is 0 Å². The molecule has 1 radical (unpaired) electrons. The molecule has 0 aliphatic rings. The van der Waals surface area contributed by atoms with Gasteiger partial charge in [0.1, 0.15) is 0 Å². The van der Waals surface area contributed by atoms with Gasteiger partial charge >= 0.3 is 44.0 Å². The van der Waals surface area contributed by atoms with Crippen molar-refractivity contribution < 1.29 is 0 Å². The van der Waals surface area contributed by atoms with Crippen molar-refractivity contribution in [1.82, 2.24) is 0 Å². The Morgan fingerprint density at radius 2 is 1.50 bits per heavy atom. The molecule has 6 heavy (non-hydrogen) atoms. The standard InChI is InChI=1S/C2H3.3CH3.Sb/c1-2;;;;/h1H,2H2;3*1H3;. The van der Waals surface area contributed by atoms with Crippen LogP contribution >= 0.6 is 0 Å². The monoisotopic (exact) mass is 193 g/mol. The van der Waals surface area contributed by atoms with Gasteiger partial charge in [0.25, 0.3) is 0 Å². The van der Waals surface area contributed by atoms with Gasteiger partial charge in [-0.25, -0.2) is 0 Å². The summed E-state index contributed by atoms with van der Waals surface area (Å²) in [6.07, 6.45) is 0. The molecular weight excluding hydrogens is 182 g/mol. The van der Waals surface area contributed by atoms with E-state index in [1.807, 2.05) is 0 Å². The molecule has 0 spiro atoms. The third kappa shape index (κ3) is 4.56. The molecule has 0 rings (SSSR count). The zero-order valence-corrected chi connectivity index (χ0v) is 7.28. The fourth-order valence-electron chi connectivity index (χ4n) is 0. The predicted molar refractivity (Wildman–Crippen MR) is 33.5 cm³/mol. The summed E-state index contributed by atoms with van der Waals surface area (Å²) in [6.45, 7) is 3.72. The Morgan fingerprint density at radius 1 is 1.33 bits per heavy atom. The molecule has 0 amide bonds. The minimum absolute atomic E-state index is 1.38. The van der Waals surface area contributed by atoms with Crippen molar-refractivity contribution >= 4 is 18.8 Å². The van der Waals surface area contributed by atoms with Crippen molar-refractivity contribution in [3.05, 3.63) is 10.6 Å². The summed E-state index contributed by atoms with van der Waals surface area (Å²) >= 11 is -1.38. The maximum absolute atomic E-state index is 3.72. The van der Waals surface area contributed by atoms with Crippen molar-refractivity contribution in [2.45, 2.75) is 14.6 Å². The zero-order chi connectivity index (χ0) is 5.21. The van der Waals surface area contributed by atoms with E-state index < -0.39 is 18.8 Å². The van der Waals surface area contributed by atoms with Crippen LogP contribution in [0.25, 0.3) is 0 Å². The molecule has 0 aliphatic heterocycles.